The molecule has 3 aromatic carbocycles. The van der Waals surface area contributed by atoms with Crippen molar-refractivity contribution in [3.63, 3.8) is 0 Å². The average Bonchev–Trinajstić information content (AvgIpc) is 3.12. The fraction of sp³-hybridized carbons (Fsp3) is 0.0417. The van der Waals surface area contributed by atoms with E-state index in [1.165, 1.54) is 27.8 Å². The van der Waals surface area contributed by atoms with Gasteiger partial charge in [0.05, 0.1) is 22.8 Å². The molecule has 0 saturated carbocycles. The molecule has 1 aliphatic carbocycles. The van der Waals surface area contributed by atoms with E-state index in [0.29, 0.717) is 0 Å². The van der Waals surface area contributed by atoms with Gasteiger partial charge in [0, 0.05) is 12.0 Å². The van der Waals surface area contributed by atoms with E-state index in [1.807, 2.05) is 18.2 Å². The predicted molar refractivity (Wildman–Crippen MR) is 102 cm³/mol. The molecule has 0 atom stereocenters. The number of halogens is 1. The molecule has 5 rings (SSSR count). The Hall–Kier alpha value is -3.06. The quantitative estimate of drug-likeness (QED) is 0.404. The minimum atomic E-state index is -4.94. The van der Waals surface area contributed by atoms with Crippen LogP contribution >= 0.6 is 0 Å². The number of hydrogen-bond acceptors (Lipinski definition) is 4. The summed E-state index contributed by atoms with van der Waals surface area (Å²) in [5.74, 6) is 1.92. The van der Waals surface area contributed by atoms with Crippen molar-refractivity contribution in [2.24, 2.45) is 0 Å². The fourth-order valence-corrected chi connectivity index (χ4v) is 3.64. The molecule has 4 aromatic rings. The second-order valence-corrected chi connectivity index (χ2v) is 7.53. The third kappa shape index (κ3) is 4.57. The molecule has 0 amide bonds. The van der Waals surface area contributed by atoms with Crippen LogP contribution in [-0.4, -0.2) is 0 Å². The third-order valence-corrected chi connectivity index (χ3v) is 4.86. The molecule has 0 saturated heterocycles. The minimum absolute atomic E-state index is 0.912. The van der Waals surface area contributed by atoms with Crippen LogP contribution in [0.1, 0.15) is 11.1 Å². The average molecular weight is 421 g/mol. The predicted octanol–water partition coefficient (Wildman–Crippen LogP) is 1.71. The number of hydrogen-bond donors (Lipinski definition) is 0. The summed E-state index contributed by atoms with van der Waals surface area (Å²) in [6, 6.07) is 31.7. The van der Waals surface area contributed by atoms with Crippen molar-refractivity contribution < 1.29 is 33.3 Å². The Labute approximate surface area is 175 Å². The van der Waals surface area contributed by atoms with Crippen LogP contribution in [0.25, 0.3) is 33.8 Å². The van der Waals surface area contributed by atoms with Gasteiger partial charge in [0.15, 0.2) is 0 Å². The molecule has 0 N–H and O–H groups in total. The maximum atomic E-state index is 8.49. The van der Waals surface area contributed by atoms with Gasteiger partial charge in [-0.2, -0.15) is 0 Å². The van der Waals surface area contributed by atoms with Crippen LogP contribution in [0.15, 0.2) is 95.4 Å². The summed E-state index contributed by atoms with van der Waals surface area (Å²) in [5.41, 5.74) is 7.44. The highest BCUT2D eigenvalue weighted by molar-refractivity contribution is 5.83. The van der Waals surface area contributed by atoms with Crippen LogP contribution in [0.3, 0.4) is 0 Å². The summed E-state index contributed by atoms with van der Waals surface area (Å²) in [6.07, 6.45) is 0.925. The number of benzene rings is 3. The lowest BCUT2D eigenvalue weighted by atomic mass is 9.97. The Morgan fingerprint density at radius 1 is 0.633 bits per heavy atom. The summed E-state index contributed by atoms with van der Waals surface area (Å²) in [6.45, 7) is 0. The Balaban J connectivity index is 0.000000393. The molecule has 0 radical (unpaired) electrons. The van der Waals surface area contributed by atoms with E-state index in [4.69, 9.17) is 23.1 Å². The van der Waals surface area contributed by atoms with E-state index in [-0.39, 0.29) is 0 Å². The summed E-state index contributed by atoms with van der Waals surface area (Å²) in [5, 5.41) is 0. The minimum Gasteiger partial charge on any atom is -0.222 e. The first-order valence-electron chi connectivity index (χ1n) is 9.21. The summed E-state index contributed by atoms with van der Waals surface area (Å²) < 4.78 is 40.4. The normalized spacial score (nSPS) is 11.9. The maximum Gasteiger partial charge on any atom is 0.365 e. The smallest absolute Gasteiger partial charge is 0.222 e. The fourth-order valence-electron chi connectivity index (χ4n) is 3.64. The molecule has 5 nitrogen and oxygen atoms in total. The van der Waals surface area contributed by atoms with Crippen molar-refractivity contribution in [1.29, 1.82) is 0 Å². The molecule has 0 bridgehead atoms. The van der Waals surface area contributed by atoms with Crippen LogP contribution in [0.5, 0.6) is 0 Å². The highest BCUT2D eigenvalue weighted by atomic mass is 35.7. The Morgan fingerprint density at radius 2 is 1.17 bits per heavy atom. The third-order valence-electron chi connectivity index (χ3n) is 4.86. The molecule has 150 valence electrons. The first kappa shape index (κ1) is 20.2. The molecular formula is C24H17ClO5. The van der Waals surface area contributed by atoms with Gasteiger partial charge in [0.1, 0.15) is 0 Å². The van der Waals surface area contributed by atoms with Crippen LogP contribution in [0.2, 0.25) is 0 Å². The van der Waals surface area contributed by atoms with Crippen LogP contribution < -0.4 is 18.6 Å². The number of rotatable bonds is 2. The van der Waals surface area contributed by atoms with E-state index in [9.17, 15) is 0 Å². The van der Waals surface area contributed by atoms with Crippen molar-refractivity contribution in [2.45, 2.75) is 6.42 Å². The van der Waals surface area contributed by atoms with Crippen LogP contribution in [-0.2, 0) is 6.42 Å². The van der Waals surface area contributed by atoms with E-state index < -0.39 is 10.2 Å². The van der Waals surface area contributed by atoms with Crippen LogP contribution in [0, 0.1) is 10.2 Å². The highest BCUT2D eigenvalue weighted by Crippen LogP contribution is 2.44. The van der Waals surface area contributed by atoms with E-state index in [1.54, 1.807) is 0 Å². The maximum absolute atomic E-state index is 8.49. The summed E-state index contributed by atoms with van der Waals surface area (Å²) >= 11 is 0. The lowest BCUT2D eigenvalue weighted by Gasteiger charge is -2.17. The van der Waals surface area contributed by atoms with E-state index >= 15 is 0 Å². The molecule has 1 heterocycles. The van der Waals surface area contributed by atoms with Crippen LogP contribution in [0.4, 0.5) is 0 Å². The van der Waals surface area contributed by atoms with Crippen molar-refractivity contribution in [3.8, 4) is 33.8 Å². The Morgan fingerprint density at radius 3 is 1.80 bits per heavy atom. The second-order valence-electron chi connectivity index (χ2n) is 6.78. The van der Waals surface area contributed by atoms with Crippen molar-refractivity contribution in [2.75, 3.05) is 0 Å². The van der Waals surface area contributed by atoms with Gasteiger partial charge in [0.2, 0.25) is 0 Å². The van der Waals surface area contributed by atoms with Gasteiger partial charge in [-0.25, -0.2) is 23.1 Å². The van der Waals surface area contributed by atoms with Gasteiger partial charge in [-0.05, 0) is 29.3 Å². The van der Waals surface area contributed by atoms with Gasteiger partial charge in [0.25, 0.3) is 0 Å². The monoisotopic (exact) mass is 420 g/mol. The first-order valence-corrected chi connectivity index (χ1v) is 10.4. The van der Waals surface area contributed by atoms with Crippen molar-refractivity contribution >= 4 is 0 Å². The zero-order valence-corrected chi connectivity index (χ0v) is 16.5. The molecule has 1 aliphatic rings. The SMILES string of the molecule is [O-][Cl+3]([O-])([O-])[O-].c1ccc(-c2cc(-c3ccccc3)c3c([o+]2)-c2ccccc2C3)cc1. The van der Waals surface area contributed by atoms with Crippen molar-refractivity contribution in [3.05, 3.63) is 102 Å². The molecule has 30 heavy (non-hydrogen) atoms. The zero-order chi connectivity index (χ0) is 21.1. The van der Waals surface area contributed by atoms with Gasteiger partial charge in [-0.3, -0.25) is 0 Å². The van der Waals surface area contributed by atoms with Crippen molar-refractivity contribution in [1.82, 2.24) is 0 Å². The molecule has 0 aliphatic heterocycles. The van der Waals surface area contributed by atoms with Gasteiger partial charge in [-0.15, -0.1) is 10.2 Å². The van der Waals surface area contributed by atoms with E-state index in [2.05, 4.69) is 72.8 Å². The standard InChI is InChI=1S/C24H17O.ClHO4/c1-3-9-17(10-4-1)21-16-23(18-11-5-2-6-12-18)25-24-20-14-8-7-13-19(20)15-22(21)24;2-1(3,4)5/h1-14,16H,15H2;(H,2,3,4,5)/q+1;/p-1. The largest absolute Gasteiger partial charge is 0.365 e. The summed E-state index contributed by atoms with van der Waals surface area (Å²) in [7, 11) is -4.94. The lowest BCUT2D eigenvalue weighted by molar-refractivity contribution is -2.00. The lowest BCUT2D eigenvalue weighted by Crippen LogP contribution is -2.68. The first-order chi connectivity index (χ1) is 14.4. The molecule has 0 spiro atoms. The molecular weight excluding hydrogens is 404 g/mol. The zero-order valence-electron chi connectivity index (χ0n) is 15.8. The van der Waals surface area contributed by atoms with Gasteiger partial charge in [-0.1, -0.05) is 66.7 Å². The topological polar surface area (TPSA) is 104 Å². The number of fused-ring (bicyclic) bond motifs is 3. The Bertz CT molecular complexity index is 1150. The van der Waals surface area contributed by atoms with Gasteiger partial charge < -0.3 is 0 Å². The highest BCUT2D eigenvalue weighted by Gasteiger charge is 2.33. The van der Waals surface area contributed by atoms with Gasteiger partial charge >= 0.3 is 11.5 Å². The molecule has 6 heteroatoms. The summed E-state index contributed by atoms with van der Waals surface area (Å²) in [4.78, 5) is 0. The molecule has 0 unspecified atom stereocenters. The molecule has 0 fully saturated rings. The second kappa shape index (κ2) is 8.36. The van der Waals surface area contributed by atoms with E-state index in [0.717, 1.165) is 23.5 Å². The molecule has 1 aromatic heterocycles. The Kier molecular flexibility index (Phi) is 5.63.